The van der Waals surface area contributed by atoms with E-state index >= 15 is 0 Å². The summed E-state index contributed by atoms with van der Waals surface area (Å²) in [6.07, 6.45) is 0.953. The van der Waals surface area contributed by atoms with Crippen molar-refractivity contribution >= 4 is 39.9 Å². The van der Waals surface area contributed by atoms with Crippen LogP contribution < -0.4 is 8.32 Å². The third-order valence-electron chi connectivity index (χ3n) is 6.59. The topological polar surface area (TPSA) is 143 Å². The SMILES string of the molecule is CC(C)OC(=O)c1c[c]([Sn]([CH3])([CH3])[CH3])ccc1COc1cc(-c2nncnn2)ccc1CN(CC(=O)OC(C)(C)C)CC(=O)OC(C)(C)C. The normalized spacial score (nSPS) is 12.2. The van der Waals surface area contributed by atoms with Crippen molar-refractivity contribution in [2.24, 2.45) is 0 Å². The average molecular weight is 771 g/mol. The Balaban J connectivity index is 2.03. The monoisotopic (exact) mass is 771 g/mol. The Labute approximate surface area is 287 Å². The molecule has 260 valence electrons. The summed E-state index contributed by atoms with van der Waals surface area (Å²) in [6.45, 7) is 14.2. The average Bonchev–Trinajstić information content (AvgIpc) is 2.94. The zero-order chi connectivity index (χ0) is 35.9. The number of benzene rings is 2. The first-order valence-corrected chi connectivity index (χ1v) is 26.0. The van der Waals surface area contributed by atoms with Crippen LogP contribution in [0.3, 0.4) is 0 Å². The van der Waals surface area contributed by atoms with Crippen LogP contribution in [0.1, 0.15) is 76.9 Å². The van der Waals surface area contributed by atoms with E-state index in [0.717, 1.165) is 0 Å². The van der Waals surface area contributed by atoms with E-state index in [2.05, 4.69) is 41.3 Å². The number of aromatic nitrogens is 4. The molecule has 2 aromatic carbocycles. The Morgan fingerprint density at radius 1 is 0.812 bits per heavy atom. The number of ether oxygens (including phenoxy) is 4. The van der Waals surface area contributed by atoms with Gasteiger partial charge in [0.05, 0.1) is 0 Å². The Bertz CT molecular complexity index is 1550. The fraction of sp³-hybridized carbons (Fsp3) is 0.514. The summed E-state index contributed by atoms with van der Waals surface area (Å²) in [6, 6.07) is 11.3. The minimum absolute atomic E-state index is 0.0448. The fourth-order valence-electron chi connectivity index (χ4n) is 4.59. The van der Waals surface area contributed by atoms with Crippen molar-refractivity contribution in [3.63, 3.8) is 0 Å². The van der Waals surface area contributed by atoms with Crippen molar-refractivity contribution in [2.45, 2.75) is 101 Å². The van der Waals surface area contributed by atoms with E-state index in [9.17, 15) is 14.4 Å². The maximum absolute atomic E-state index is 13.2. The molecule has 13 heteroatoms. The quantitative estimate of drug-likeness (QED) is 0.130. The number of rotatable bonds is 13. The first kappa shape index (κ1) is 38.8. The Morgan fingerprint density at radius 3 is 1.90 bits per heavy atom. The second-order valence-electron chi connectivity index (χ2n) is 14.9. The first-order chi connectivity index (χ1) is 22.2. The summed E-state index contributed by atoms with van der Waals surface area (Å²) >= 11 is -2.54. The van der Waals surface area contributed by atoms with Crippen molar-refractivity contribution in [1.29, 1.82) is 0 Å². The van der Waals surface area contributed by atoms with E-state index in [4.69, 9.17) is 18.9 Å². The van der Waals surface area contributed by atoms with Crippen molar-refractivity contribution in [3.05, 3.63) is 59.4 Å². The molecule has 0 unspecified atom stereocenters. The molecule has 3 rings (SSSR count). The molecule has 3 aromatic rings. The molecule has 0 atom stereocenters. The first-order valence-electron chi connectivity index (χ1n) is 16.0. The van der Waals surface area contributed by atoms with E-state index in [1.165, 1.54) is 9.91 Å². The van der Waals surface area contributed by atoms with E-state index < -0.39 is 47.5 Å². The van der Waals surface area contributed by atoms with Gasteiger partial charge in [0, 0.05) is 0 Å². The molecule has 0 aliphatic rings. The van der Waals surface area contributed by atoms with Gasteiger partial charge in [0.25, 0.3) is 0 Å². The van der Waals surface area contributed by atoms with E-state index in [1.54, 1.807) is 58.6 Å². The van der Waals surface area contributed by atoms with Crippen molar-refractivity contribution in [2.75, 3.05) is 13.1 Å². The van der Waals surface area contributed by atoms with Gasteiger partial charge in [0.1, 0.15) is 11.2 Å². The van der Waals surface area contributed by atoms with Crippen molar-refractivity contribution in [1.82, 2.24) is 25.3 Å². The summed E-state index contributed by atoms with van der Waals surface area (Å²) in [5.41, 5.74) is 0.969. The number of esters is 3. The van der Waals surface area contributed by atoms with Crippen LogP contribution >= 0.6 is 0 Å². The number of carbonyl (C=O) groups excluding carboxylic acids is 3. The Morgan fingerprint density at radius 2 is 1.38 bits per heavy atom. The number of nitrogens with zero attached hydrogens (tertiary/aromatic N) is 5. The predicted molar refractivity (Wildman–Crippen MR) is 184 cm³/mol. The summed E-state index contributed by atoms with van der Waals surface area (Å²) in [7, 11) is 0. The van der Waals surface area contributed by atoms with Crippen LogP contribution in [-0.2, 0) is 37.0 Å². The van der Waals surface area contributed by atoms with Crippen LogP contribution in [0.25, 0.3) is 11.4 Å². The minimum atomic E-state index is -2.54. The summed E-state index contributed by atoms with van der Waals surface area (Å²) in [5, 5.41) is 15.8. The Kier molecular flexibility index (Phi) is 13.1. The molecule has 0 amide bonds. The zero-order valence-electron chi connectivity index (χ0n) is 30.0. The van der Waals surface area contributed by atoms with Gasteiger partial charge in [0.2, 0.25) is 0 Å². The van der Waals surface area contributed by atoms with Crippen LogP contribution in [0, 0.1) is 0 Å². The molecule has 0 aliphatic heterocycles. The molecule has 0 spiro atoms. The second kappa shape index (κ2) is 16.2. The molecule has 0 saturated heterocycles. The number of hydrogen-bond donors (Lipinski definition) is 0. The summed E-state index contributed by atoms with van der Waals surface area (Å²) in [5.74, 6) is -0.669. The van der Waals surface area contributed by atoms with Gasteiger partial charge < -0.3 is 9.47 Å². The molecule has 48 heavy (non-hydrogen) atoms. The van der Waals surface area contributed by atoms with Gasteiger partial charge in [-0.3, -0.25) is 9.59 Å². The molecule has 12 nitrogen and oxygen atoms in total. The van der Waals surface area contributed by atoms with Crippen LogP contribution in [-0.4, -0.2) is 92.0 Å². The van der Waals surface area contributed by atoms with E-state index in [1.807, 2.05) is 32.0 Å². The van der Waals surface area contributed by atoms with E-state index in [0.29, 0.717) is 28.0 Å². The smallest absolute Gasteiger partial charge is 0.459 e. The summed E-state index contributed by atoms with van der Waals surface area (Å²) < 4.78 is 24.3. The number of hydrogen-bond acceptors (Lipinski definition) is 12. The van der Waals surface area contributed by atoms with Gasteiger partial charge in [-0.25, -0.2) is 0 Å². The zero-order valence-corrected chi connectivity index (χ0v) is 32.9. The summed E-state index contributed by atoms with van der Waals surface area (Å²) in [4.78, 5) is 47.6. The molecule has 0 aliphatic carbocycles. The molecule has 0 N–H and O–H groups in total. The molecule has 0 fully saturated rings. The Hall–Kier alpha value is -3.65. The maximum atomic E-state index is 13.2. The van der Waals surface area contributed by atoms with Crippen molar-refractivity contribution < 1.29 is 33.3 Å². The van der Waals surface area contributed by atoms with Crippen LogP contribution in [0.2, 0.25) is 14.8 Å². The second-order valence-corrected chi connectivity index (χ2v) is 29.4. The van der Waals surface area contributed by atoms with Gasteiger partial charge in [-0.1, -0.05) is 0 Å². The van der Waals surface area contributed by atoms with Crippen LogP contribution in [0.15, 0.2) is 42.7 Å². The molecular weight excluding hydrogens is 721 g/mol. The molecule has 0 bridgehead atoms. The molecular formula is C35H49N5O7Sn. The molecule has 1 heterocycles. The molecule has 0 saturated carbocycles. The predicted octanol–water partition coefficient (Wildman–Crippen LogP) is 5.11. The standard InChI is InChI=1S/C32H40N5O7.3CH3.Sn/c1-21(2)42-30(40)25-12-10-9-11-24(25)19-41-26-15-22(29-35-33-20-34-36-29)13-14-23(26)16-37(17-27(38)43-31(3,4)5)18-28(39)44-32(6,7)8;;;;/h9,11-15,20-21H,16-19H2,1-8H3;3*1H3;. The van der Waals surface area contributed by atoms with Gasteiger partial charge >= 0.3 is 211 Å². The third-order valence-corrected chi connectivity index (χ3v) is 12.4. The van der Waals surface area contributed by atoms with Crippen LogP contribution in [0.4, 0.5) is 0 Å². The van der Waals surface area contributed by atoms with Gasteiger partial charge in [0.15, 0.2) is 6.33 Å². The van der Waals surface area contributed by atoms with Gasteiger partial charge in [-0.15, -0.1) is 0 Å². The van der Waals surface area contributed by atoms with Gasteiger partial charge in [-0.05, 0) is 41.5 Å². The van der Waals surface area contributed by atoms with Crippen molar-refractivity contribution in [3.8, 4) is 17.1 Å². The number of carbonyl (C=O) groups is 3. The molecule has 0 radical (unpaired) electrons. The fourth-order valence-corrected chi connectivity index (χ4v) is 7.90. The minimum Gasteiger partial charge on any atom is -0.459 e. The van der Waals surface area contributed by atoms with E-state index in [-0.39, 0.29) is 38.2 Å². The third kappa shape index (κ3) is 12.8. The van der Waals surface area contributed by atoms with Crippen LogP contribution in [0.5, 0.6) is 5.75 Å². The van der Waals surface area contributed by atoms with Gasteiger partial charge in [-0.2, -0.15) is 0 Å². The molecule has 1 aromatic heterocycles.